The number of hydrogen-bond donors (Lipinski definition) is 1. The summed E-state index contributed by atoms with van der Waals surface area (Å²) in [5, 5.41) is 2.71. The summed E-state index contributed by atoms with van der Waals surface area (Å²) in [6.45, 7) is 4.19. The van der Waals surface area contributed by atoms with Gasteiger partial charge in [0.15, 0.2) is 0 Å². The lowest BCUT2D eigenvalue weighted by Gasteiger charge is -2.23. The van der Waals surface area contributed by atoms with Crippen molar-refractivity contribution in [3.63, 3.8) is 0 Å². The number of anilines is 1. The van der Waals surface area contributed by atoms with Gasteiger partial charge in [-0.25, -0.2) is 12.8 Å². The zero-order valence-corrected chi connectivity index (χ0v) is 15.9. The van der Waals surface area contributed by atoms with Crippen LogP contribution in [0.25, 0.3) is 0 Å². The summed E-state index contributed by atoms with van der Waals surface area (Å²) >= 11 is 0. The van der Waals surface area contributed by atoms with Gasteiger partial charge in [-0.2, -0.15) is 0 Å². The second kappa shape index (κ2) is 8.31. The van der Waals surface area contributed by atoms with E-state index in [1.165, 1.54) is 16.4 Å². The standard InChI is InChI=1S/C19H23FN2O3S/c1-14-4-9-18(12-15(14)2)22(26(3,24)25)11-10-21-19(23)13-16-5-7-17(20)8-6-16/h4-9,12H,10-11,13H2,1-3H3,(H,21,23). The molecule has 0 aliphatic rings. The summed E-state index contributed by atoms with van der Waals surface area (Å²) in [5.41, 5.74) is 3.34. The lowest BCUT2D eigenvalue weighted by molar-refractivity contribution is -0.120. The maximum absolute atomic E-state index is 12.9. The van der Waals surface area contributed by atoms with Gasteiger partial charge in [-0.15, -0.1) is 0 Å². The molecule has 1 amide bonds. The summed E-state index contributed by atoms with van der Waals surface area (Å²) in [6.07, 6.45) is 1.26. The van der Waals surface area contributed by atoms with Crippen LogP contribution in [0.1, 0.15) is 16.7 Å². The van der Waals surface area contributed by atoms with Crippen LogP contribution < -0.4 is 9.62 Å². The number of carbonyl (C=O) groups excluding carboxylic acids is 1. The summed E-state index contributed by atoms with van der Waals surface area (Å²) in [6, 6.07) is 11.1. The molecule has 0 atom stereocenters. The number of aryl methyl sites for hydroxylation is 2. The van der Waals surface area contributed by atoms with E-state index < -0.39 is 10.0 Å². The lowest BCUT2D eigenvalue weighted by Crippen LogP contribution is -2.38. The van der Waals surface area contributed by atoms with Gasteiger partial charge in [0, 0.05) is 6.54 Å². The molecular weight excluding hydrogens is 355 g/mol. The number of amides is 1. The van der Waals surface area contributed by atoms with Gasteiger partial charge in [-0.3, -0.25) is 9.10 Å². The van der Waals surface area contributed by atoms with Crippen molar-refractivity contribution in [1.82, 2.24) is 5.32 Å². The van der Waals surface area contributed by atoms with E-state index in [2.05, 4.69) is 5.32 Å². The molecule has 0 radical (unpaired) electrons. The van der Waals surface area contributed by atoms with Gasteiger partial charge < -0.3 is 5.32 Å². The first-order chi connectivity index (χ1) is 12.2. The van der Waals surface area contributed by atoms with Crippen molar-refractivity contribution in [3.8, 4) is 0 Å². The summed E-state index contributed by atoms with van der Waals surface area (Å²) in [4.78, 5) is 12.0. The monoisotopic (exact) mass is 378 g/mol. The van der Waals surface area contributed by atoms with Crippen molar-refractivity contribution in [2.24, 2.45) is 0 Å². The molecule has 0 fully saturated rings. The van der Waals surface area contributed by atoms with Crippen molar-refractivity contribution >= 4 is 21.6 Å². The Hall–Kier alpha value is -2.41. The number of hydrogen-bond acceptors (Lipinski definition) is 3. The molecule has 0 spiro atoms. The molecule has 0 heterocycles. The van der Waals surface area contributed by atoms with Gasteiger partial charge >= 0.3 is 0 Å². The Morgan fingerprint density at radius 2 is 1.73 bits per heavy atom. The molecular formula is C19H23FN2O3S. The van der Waals surface area contributed by atoms with E-state index in [4.69, 9.17) is 0 Å². The molecule has 26 heavy (non-hydrogen) atoms. The van der Waals surface area contributed by atoms with Crippen molar-refractivity contribution in [3.05, 3.63) is 65.0 Å². The molecule has 2 aromatic carbocycles. The fraction of sp³-hybridized carbons (Fsp3) is 0.316. The van der Waals surface area contributed by atoms with Crippen LogP contribution in [-0.2, 0) is 21.2 Å². The molecule has 7 heteroatoms. The minimum atomic E-state index is -3.47. The Bertz CT molecular complexity index is 880. The number of carbonyl (C=O) groups is 1. The van der Waals surface area contributed by atoms with Crippen LogP contribution in [0, 0.1) is 19.7 Å². The highest BCUT2D eigenvalue weighted by atomic mass is 32.2. The Morgan fingerprint density at radius 3 is 2.31 bits per heavy atom. The summed E-state index contributed by atoms with van der Waals surface area (Å²) in [7, 11) is -3.47. The fourth-order valence-electron chi connectivity index (χ4n) is 2.51. The lowest BCUT2D eigenvalue weighted by atomic mass is 10.1. The Balaban J connectivity index is 1.98. The van der Waals surface area contributed by atoms with Crippen LogP contribution in [0.2, 0.25) is 0 Å². The highest BCUT2D eigenvalue weighted by Gasteiger charge is 2.18. The third-order valence-electron chi connectivity index (χ3n) is 4.09. The van der Waals surface area contributed by atoms with E-state index in [9.17, 15) is 17.6 Å². The van der Waals surface area contributed by atoms with Crippen LogP contribution in [0.4, 0.5) is 10.1 Å². The maximum atomic E-state index is 12.9. The molecule has 0 saturated carbocycles. The third-order valence-corrected chi connectivity index (χ3v) is 5.29. The minimum absolute atomic E-state index is 0.114. The topological polar surface area (TPSA) is 66.5 Å². The van der Waals surface area contributed by atoms with E-state index in [0.717, 1.165) is 17.4 Å². The number of rotatable bonds is 7. The number of nitrogens with zero attached hydrogens (tertiary/aromatic N) is 1. The molecule has 0 bridgehead atoms. The fourth-order valence-corrected chi connectivity index (χ4v) is 3.43. The molecule has 2 aromatic rings. The number of halogens is 1. The van der Waals surface area contributed by atoms with Crippen LogP contribution in [0.15, 0.2) is 42.5 Å². The number of benzene rings is 2. The van der Waals surface area contributed by atoms with Gasteiger partial charge in [-0.05, 0) is 54.8 Å². The van der Waals surface area contributed by atoms with Crippen molar-refractivity contribution < 1.29 is 17.6 Å². The molecule has 0 aliphatic carbocycles. The average Bonchev–Trinajstić information content (AvgIpc) is 2.55. The van der Waals surface area contributed by atoms with Crippen molar-refractivity contribution in [2.75, 3.05) is 23.7 Å². The van der Waals surface area contributed by atoms with Gasteiger partial charge in [0.05, 0.1) is 24.9 Å². The maximum Gasteiger partial charge on any atom is 0.232 e. The number of sulfonamides is 1. The average molecular weight is 378 g/mol. The summed E-state index contributed by atoms with van der Waals surface area (Å²) < 4.78 is 38.4. The van der Waals surface area contributed by atoms with E-state index in [1.807, 2.05) is 26.0 Å². The Morgan fingerprint density at radius 1 is 1.08 bits per heavy atom. The normalized spacial score (nSPS) is 11.2. The van der Waals surface area contributed by atoms with Gasteiger partial charge in [-0.1, -0.05) is 18.2 Å². The van der Waals surface area contributed by atoms with Gasteiger partial charge in [0.25, 0.3) is 0 Å². The second-order valence-corrected chi connectivity index (χ2v) is 8.16. The number of nitrogens with one attached hydrogen (secondary N) is 1. The smallest absolute Gasteiger partial charge is 0.232 e. The molecule has 0 saturated heterocycles. The zero-order chi connectivity index (χ0) is 19.3. The molecule has 0 aliphatic heterocycles. The van der Waals surface area contributed by atoms with E-state index >= 15 is 0 Å². The van der Waals surface area contributed by atoms with Crippen molar-refractivity contribution in [2.45, 2.75) is 20.3 Å². The molecule has 1 N–H and O–H groups in total. The van der Waals surface area contributed by atoms with E-state index in [1.54, 1.807) is 18.2 Å². The van der Waals surface area contributed by atoms with E-state index in [-0.39, 0.29) is 31.2 Å². The van der Waals surface area contributed by atoms with Gasteiger partial charge in [0.1, 0.15) is 5.82 Å². The minimum Gasteiger partial charge on any atom is -0.354 e. The molecule has 5 nitrogen and oxygen atoms in total. The molecule has 2 rings (SSSR count). The molecule has 0 aromatic heterocycles. The zero-order valence-electron chi connectivity index (χ0n) is 15.1. The van der Waals surface area contributed by atoms with E-state index in [0.29, 0.717) is 11.3 Å². The quantitative estimate of drug-likeness (QED) is 0.805. The van der Waals surface area contributed by atoms with Gasteiger partial charge in [0.2, 0.25) is 15.9 Å². The predicted molar refractivity (Wildman–Crippen MR) is 101 cm³/mol. The molecule has 0 unspecified atom stereocenters. The largest absolute Gasteiger partial charge is 0.354 e. The van der Waals surface area contributed by atoms with Crippen LogP contribution in [-0.4, -0.2) is 33.7 Å². The Kier molecular flexibility index (Phi) is 6.37. The Labute approximate surface area is 153 Å². The second-order valence-electron chi connectivity index (χ2n) is 6.26. The first-order valence-electron chi connectivity index (χ1n) is 8.23. The first kappa shape index (κ1) is 19.9. The SMILES string of the molecule is Cc1ccc(N(CCNC(=O)Cc2ccc(F)cc2)S(C)(=O)=O)cc1C. The van der Waals surface area contributed by atoms with Crippen LogP contribution >= 0.6 is 0 Å². The van der Waals surface area contributed by atoms with Crippen LogP contribution in [0.3, 0.4) is 0 Å². The third kappa shape index (κ3) is 5.56. The highest BCUT2D eigenvalue weighted by Crippen LogP contribution is 2.20. The predicted octanol–water partition coefficient (Wildman–Crippen LogP) is 2.57. The van der Waals surface area contributed by atoms with Crippen molar-refractivity contribution in [1.29, 1.82) is 0 Å². The first-order valence-corrected chi connectivity index (χ1v) is 10.1. The van der Waals surface area contributed by atoms with Crippen LogP contribution in [0.5, 0.6) is 0 Å². The molecule has 140 valence electrons. The highest BCUT2D eigenvalue weighted by molar-refractivity contribution is 7.92. The summed E-state index contributed by atoms with van der Waals surface area (Å²) in [5.74, 6) is -0.600.